The molecule has 6 rings (SSSR count). The minimum absolute atomic E-state index is 0.0228. The van der Waals surface area contributed by atoms with Crippen molar-refractivity contribution in [2.45, 2.75) is 76.3 Å². The van der Waals surface area contributed by atoms with Crippen molar-refractivity contribution in [3.05, 3.63) is 53.6 Å². The molecule has 39 heavy (non-hydrogen) atoms. The molecule has 3 fully saturated rings. The topological polar surface area (TPSA) is 88.6 Å². The van der Waals surface area contributed by atoms with E-state index in [1.165, 1.54) is 0 Å². The summed E-state index contributed by atoms with van der Waals surface area (Å²) in [5.74, 6) is 1.21. The second-order valence-corrected chi connectivity index (χ2v) is 11.0. The fourth-order valence-electron chi connectivity index (χ4n) is 6.87. The first-order valence-electron chi connectivity index (χ1n) is 13.9. The van der Waals surface area contributed by atoms with E-state index in [-0.39, 0.29) is 42.1 Å². The normalized spacial score (nSPS) is 24.7. The molecule has 2 atom stereocenters. The van der Waals surface area contributed by atoms with Gasteiger partial charge in [0.25, 0.3) is 5.91 Å². The molecule has 3 amide bonds. The minimum Gasteiger partial charge on any atom is -0.496 e. The monoisotopic (exact) mass is 533 g/mol. The summed E-state index contributed by atoms with van der Waals surface area (Å²) in [4.78, 5) is 43.7. The molecule has 0 aromatic heterocycles. The van der Waals surface area contributed by atoms with Gasteiger partial charge in [0.1, 0.15) is 24.2 Å². The Morgan fingerprint density at radius 1 is 0.949 bits per heavy atom. The van der Waals surface area contributed by atoms with E-state index in [0.717, 1.165) is 36.9 Å². The standard InChI is InChI=1S/C30H35N3O6/c1-19(34)32-22-7-8-23(32)16-25(15-22)39-24-9-10-26(28(17-24)37-2)29(35)31-13-11-21(12-14-31)33-27-6-4-3-5-20(27)18-38-30(33)36/h3-6,9-10,17,21-23,25H,7-8,11-16,18H2,1-2H3. The van der Waals surface area contributed by atoms with Crippen LogP contribution in [0, 0.1) is 0 Å². The molecule has 2 unspecified atom stereocenters. The van der Waals surface area contributed by atoms with Crippen LogP contribution in [0.15, 0.2) is 42.5 Å². The van der Waals surface area contributed by atoms with E-state index in [9.17, 15) is 14.4 Å². The maximum Gasteiger partial charge on any atom is 0.414 e. The van der Waals surface area contributed by atoms with Crippen LogP contribution in [0.2, 0.25) is 0 Å². The van der Waals surface area contributed by atoms with Crippen LogP contribution in [0.3, 0.4) is 0 Å². The van der Waals surface area contributed by atoms with Crippen molar-refractivity contribution in [3.8, 4) is 11.5 Å². The Labute approximate surface area is 228 Å². The van der Waals surface area contributed by atoms with Crippen molar-refractivity contribution < 1.29 is 28.6 Å². The van der Waals surface area contributed by atoms with Crippen molar-refractivity contribution >= 4 is 23.6 Å². The maximum absolute atomic E-state index is 13.5. The smallest absolute Gasteiger partial charge is 0.414 e. The number of hydrogen-bond acceptors (Lipinski definition) is 6. The van der Waals surface area contributed by atoms with Gasteiger partial charge in [-0.3, -0.25) is 14.5 Å². The van der Waals surface area contributed by atoms with Gasteiger partial charge in [0.15, 0.2) is 0 Å². The molecule has 2 aromatic rings. The third-order valence-corrected chi connectivity index (χ3v) is 8.68. The highest BCUT2D eigenvalue weighted by Crippen LogP contribution is 2.38. The fourth-order valence-corrected chi connectivity index (χ4v) is 6.87. The lowest BCUT2D eigenvalue weighted by Gasteiger charge is -2.40. The van der Waals surface area contributed by atoms with E-state index in [1.54, 1.807) is 31.1 Å². The Bertz CT molecular complexity index is 1260. The molecule has 0 saturated carbocycles. The van der Waals surface area contributed by atoms with Crippen LogP contribution in [-0.4, -0.2) is 72.1 Å². The number of piperidine rings is 2. The number of fused-ring (bicyclic) bond motifs is 3. The summed E-state index contributed by atoms with van der Waals surface area (Å²) in [6, 6.07) is 13.7. The van der Waals surface area contributed by atoms with E-state index in [4.69, 9.17) is 14.2 Å². The number of ether oxygens (including phenoxy) is 3. The second-order valence-electron chi connectivity index (χ2n) is 11.0. The van der Waals surface area contributed by atoms with Crippen molar-refractivity contribution in [2.75, 3.05) is 25.1 Å². The molecule has 4 aliphatic rings. The molecule has 0 radical (unpaired) electrons. The van der Waals surface area contributed by atoms with Crippen LogP contribution in [-0.2, 0) is 16.1 Å². The van der Waals surface area contributed by atoms with Gasteiger partial charge < -0.3 is 24.0 Å². The van der Waals surface area contributed by atoms with Crippen molar-refractivity contribution in [3.63, 3.8) is 0 Å². The lowest BCUT2D eigenvalue weighted by Crippen LogP contribution is -2.50. The number of anilines is 1. The zero-order valence-corrected chi connectivity index (χ0v) is 22.5. The van der Waals surface area contributed by atoms with Crippen LogP contribution in [0.25, 0.3) is 0 Å². The molecule has 2 aromatic carbocycles. The summed E-state index contributed by atoms with van der Waals surface area (Å²) in [7, 11) is 1.56. The molecule has 206 valence electrons. The zero-order chi connectivity index (χ0) is 27.1. The summed E-state index contributed by atoms with van der Waals surface area (Å²) in [5, 5.41) is 0. The van der Waals surface area contributed by atoms with E-state index in [2.05, 4.69) is 0 Å². The second kappa shape index (κ2) is 10.4. The first-order chi connectivity index (χ1) is 18.9. The number of carbonyl (C=O) groups excluding carboxylic acids is 3. The SMILES string of the molecule is COc1cc(OC2CC3CCC(C2)N3C(C)=O)ccc1C(=O)N1CCC(N2C(=O)OCc3ccccc32)CC1. The summed E-state index contributed by atoms with van der Waals surface area (Å²) in [6.07, 6.45) is 4.75. The van der Waals surface area contributed by atoms with Gasteiger partial charge in [-0.25, -0.2) is 4.79 Å². The quantitative estimate of drug-likeness (QED) is 0.567. The molecule has 4 heterocycles. The van der Waals surface area contributed by atoms with E-state index in [0.29, 0.717) is 49.6 Å². The molecule has 4 aliphatic heterocycles. The Hall–Kier alpha value is -3.75. The molecule has 0 N–H and O–H groups in total. The van der Waals surface area contributed by atoms with Gasteiger partial charge >= 0.3 is 6.09 Å². The molecule has 0 aliphatic carbocycles. The number of hydrogen-bond donors (Lipinski definition) is 0. The zero-order valence-electron chi connectivity index (χ0n) is 22.5. The largest absolute Gasteiger partial charge is 0.496 e. The fraction of sp³-hybridized carbons (Fsp3) is 0.500. The first-order valence-corrected chi connectivity index (χ1v) is 13.9. The van der Waals surface area contributed by atoms with Gasteiger partial charge in [0.2, 0.25) is 5.91 Å². The predicted molar refractivity (Wildman–Crippen MR) is 144 cm³/mol. The molecule has 9 nitrogen and oxygen atoms in total. The number of benzene rings is 2. The van der Waals surface area contributed by atoms with Crippen LogP contribution >= 0.6 is 0 Å². The number of para-hydroxylation sites is 1. The number of rotatable bonds is 5. The number of likely N-dealkylation sites (tertiary alicyclic amines) is 1. The van der Waals surface area contributed by atoms with E-state index < -0.39 is 0 Å². The van der Waals surface area contributed by atoms with Gasteiger partial charge in [0, 0.05) is 62.6 Å². The summed E-state index contributed by atoms with van der Waals surface area (Å²) >= 11 is 0. The van der Waals surface area contributed by atoms with Gasteiger partial charge in [0.05, 0.1) is 18.4 Å². The predicted octanol–water partition coefficient (Wildman–Crippen LogP) is 4.38. The molecule has 9 heteroatoms. The Morgan fingerprint density at radius 2 is 1.67 bits per heavy atom. The number of carbonyl (C=O) groups is 3. The van der Waals surface area contributed by atoms with Gasteiger partial charge in [-0.2, -0.15) is 0 Å². The summed E-state index contributed by atoms with van der Waals surface area (Å²) in [6.45, 7) is 3.01. The van der Waals surface area contributed by atoms with E-state index >= 15 is 0 Å². The molecule has 3 saturated heterocycles. The van der Waals surface area contributed by atoms with E-state index in [1.807, 2.05) is 40.1 Å². The van der Waals surface area contributed by atoms with Gasteiger partial charge in [-0.1, -0.05) is 18.2 Å². The molecule has 0 spiro atoms. The molecular formula is C30H35N3O6. The lowest BCUT2D eigenvalue weighted by atomic mass is 9.99. The Morgan fingerprint density at radius 3 is 2.36 bits per heavy atom. The van der Waals surface area contributed by atoms with Crippen LogP contribution in [0.4, 0.5) is 10.5 Å². The number of nitrogens with zero attached hydrogens (tertiary/aromatic N) is 3. The highest BCUT2D eigenvalue weighted by atomic mass is 16.6. The van der Waals surface area contributed by atoms with Crippen molar-refractivity contribution in [2.24, 2.45) is 0 Å². The van der Waals surface area contributed by atoms with Gasteiger partial charge in [-0.15, -0.1) is 0 Å². The number of cyclic esters (lactones) is 1. The van der Waals surface area contributed by atoms with Gasteiger partial charge in [-0.05, 0) is 43.9 Å². The summed E-state index contributed by atoms with van der Waals surface area (Å²) < 4.78 is 17.3. The molecular weight excluding hydrogens is 498 g/mol. The van der Waals surface area contributed by atoms with Crippen LogP contribution in [0.5, 0.6) is 11.5 Å². The average Bonchev–Trinajstić information content (AvgIpc) is 3.23. The Balaban J connectivity index is 1.10. The average molecular weight is 534 g/mol. The summed E-state index contributed by atoms with van der Waals surface area (Å²) in [5.41, 5.74) is 2.40. The number of methoxy groups -OCH3 is 1. The van der Waals surface area contributed by atoms with Crippen LogP contribution < -0.4 is 14.4 Å². The highest BCUT2D eigenvalue weighted by Gasteiger charge is 2.43. The third kappa shape index (κ3) is 4.79. The van der Waals surface area contributed by atoms with Crippen molar-refractivity contribution in [1.29, 1.82) is 0 Å². The highest BCUT2D eigenvalue weighted by molar-refractivity contribution is 5.97. The Kier molecular flexibility index (Phi) is 6.83. The van der Waals surface area contributed by atoms with Crippen molar-refractivity contribution in [1.82, 2.24) is 9.80 Å². The third-order valence-electron chi connectivity index (χ3n) is 8.68. The maximum atomic E-state index is 13.5. The number of amides is 3. The van der Waals surface area contributed by atoms with Crippen LogP contribution in [0.1, 0.15) is 61.4 Å². The lowest BCUT2D eigenvalue weighted by molar-refractivity contribution is -0.134. The molecule has 2 bridgehead atoms. The first kappa shape index (κ1) is 25.5. The minimum atomic E-state index is -0.323.